The molecule has 0 saturated carbocycles. The minimum Gasteiger partial charge on any atom is -0.497 e. The predicted octanol–water partition coefficient (Wildman–Crippen LogP) is 5.74. The SMILES string of the molecule is CCC(CBr)(Cc1cc(OC)ccc1Br)c1ccccc1. The van der Waals surface area contributed by atoms with Gasteiger partial charge in [-0.15, -0.1) is 0 Å². The zero-order valence-corrected chi connectivity index (χ0v) is 15.6. The fraction of sp³-hybridized carbons (Fsp3) is 0.333. The van der Waals surface area contributed by atoms with Gasteiger partial charge in [0.05, 0.1) is 7.11 Å². The monoisotopic (exact) mass is 410 g/mol. The van der Waals surface area contributed by atoms with Crippen molar-refractivity contribution < 1.29 is 4.74 Å². The molecule has 112 valence electrons. The summed E-state index contributed by atoms with van der Waals surface area (Å²) in [4.78, 5) is 0. The van der Waals surface area contributed by atoms with Gasteiger partial charge < -0.3 is 4.74 Å². The van der Waals surface area contributed by atoms with Gasteiger partial charge in [0.2, 0.25) is 0 Å². The summed E-state index contributed by atoms with van der Waals surface area (Å²) in [5.74, 6) is 0.904. The molecular weight excluding hydrogens is 392 g/mol. The molecular formula is C18H20Br2O. The Balaban J connectivity index is 2.41. The van der Waals surface area contributed by atoms with Crippen LogP contribution in [0.1, 0.15) is 24.5 Å². The molecule has 0 amide bonds. The lowest BCUT2D eigenvalue weighted by molar-refractivity contribution is 0.412. The van der Waals surface area contributed by atoms with Gasteiger partial charge in [-0.1, -0.05) is 69.1 Å². The summed E-state index contributed by atoms with van der Waals surface area (Å²) in [7, 11) is 1.71. The van der Waals surface area contributed by atoms with Crippen LogP contribution in [0.3, 0.4) is 0 Å². The first-order valence-electron chi connectivity index (χ1n) is 7.09. The van der Waals surface area contributed by atoms with E-state index in [9.17, 15) is 0 Å². The van der Waals surface area contributed by atoms with Crippen molar-refractivity contribution in [2.24, 2.45) is 0 Å². The highest BCUT2D eigenvalue weighted by Crippen LogP contribution is 2.36. The van der Waals surface area contributed by atoms with Crippen LogP contribution < -0.4 is 4.74 Å². The van der Waals surface area contributed by atoms with E-state index in [4.69, 9.17) is 4.74 Å². The molecule has 0 aliphatic carbocycles. The van der Waals surface area contributed by atoms with Crippen LogP contribution in [0.2, 0.25) is 0 Å². The normalized spacial score (nSPS) is 13.7. The molecule has 2 rings (SSSR count). The van der Waals surface area contributed by atoms with E-state index in [2.05, 4.69) is 81.2 Å². The molecule has 0 aliphatic rings. The van der Waals surface area contributed by atoms with Crippen molar-refractivity contribution in [3.8, 4) is 5.75 Å². The number of ether oxygens (including phenoxy) is 1. The van der Waals surface area contributed by atoms with Crippen LogP contribution in [-0.4, -0.2) is 12.4 Å². The molecule has 0 fully saturated rings. The first-order chi connectivity index (χ1) is 10.1. The van der Waals surface area contributed by atoms with Crippen LogP contribution in [-0.2, 0) is 11.8 Å². The molecule has 1 unspecified atom stereocenters. The van der Waals surface area contributed by atoms with E-state index < -0.39 is 0 Å². The van der Waals surface area contributed by atoms with Gasteiger partial charge in [0, 0.05) is 15.2 Å². The molecule has 0 saturated heterocycles. The minimum atomic E-state index is 0.0934. The average Bonchev–Trinajstić information content (AvgIpc) is 2.55. The van der Waals surface area contributed by atoms with E-state index in [0.29, 0.717) is 0 Å². The van der Waals surface area contributed by atoms with Crippen molar-refractivity contribution in [2.75, 3.05) is 12.4 Å². The first kappa shape index (κ1) is 16.6. The zero-order chi connectivity index (χ0) is 15.3. The third-order valence-electron chi connectivity index (χ3n) is 4.10. The maximum atomic E-state index is 5.36. The number of hydrogen-bond donors (Lipinski definition) is 0. The highest BCUT2D eigenvalue weighted by Gasteiger charge is 2.30. The Bertz CT molecular complexity index is 577. The van der Waals surface area contributed by atoms with Gasteiger partial charge in [-0.3, -0.25) is 0 Å². The van der Waals surface area contributed by atoms with Gasteiger partial charge in [0.15, 0.2) is 0 Å². The largest absolute Gasteiger partial charge is 0.497 e. The lowest BCUT2D eigenvalue weighted by Crippen LogP contribution is -2.30. The molecule has 0 aliphatic heterocycles. The predicted molar refractivity (Wildman–Crippen MR) is 96.6 cm³/mol. The molecule has 0 heterocycles. The van der Waals surface area contributed by atoms with Gasteiger partial charge in [-0.2, -0.15) is 0 Å². The minimum absolute atomic E-state index is 0.0934. The lowest BCUT2D eigenvalue weighted by Gasteiger charge is -2.32. The Labute approximate surface area is 144 Å². The molecule has 1 nitrogen and oxygen atoms in total. The number of hydrogen-bond acceptors (Lipinski definition) is 1. The molecule has 1 atom stereocenters. The van der Waals surface area contributed by atoms with Crippen molar-refractivity contribution in [2.45, 2.75) is 25.2 Å². The third-order valence-corrected chi connectivity index (χ3v) is 5.95. The highest BCUT2D eigenvalue weighted by molar-refractivity contribution is 9.10. The van der Waals surface area contributed by atoms with Crippen LogP contribution in [0.4, 0.5) is 0 Å². The number of methoxy groups -OCH3 is 1. The Morgan fingerprint density at radius 1 is 1.10 bits per heavy atom. The van der Waals surface area contributed by atoms with Crippen LogP contribution >= 0.6 is 31.9 Å². The van der Waals surface area contributed by atoms with E-state index in [1.165, 1.54) is 11.1 Å². The summed E-state index contributed by atoms with van der Waals surface area (Å²) in [5, 5.41) is 0.935. The summed E-state index contributed by atoms with van der Waals surface area (Å²) in [6, 6.07) is 16.9. The van der Waals surface area contributed by atoms with E-state index >= 15 is 0 Å². The Hall–Kier alpha value is -0.800. The molecule has 2 aromatic rings. The topological polar surface area (TPSA) is 9.23 Å². The molecule has 0 N–H and O–H groups in total. The molecule has 21 heavy (non-hydrogen) atoms. The smallest absolute Gasteiger partial charge is 0.119 e. The molecule has 0 bridgehead atoms. The van der Waals surface area contributed by atoms with Gasteiger partial charge in [-0.05, 0) is 42.2 Å². The molecule has 0 aromatic heterocycles. The Morgan fingerprint density at radius 3 is 2.38 bits per heavy atom. The number of benzene rings is 2. The summed E-state index contributed by atoms with van der Waals surface area (Å²) in [6.45, 7) is 2.25. The van der Waals surface area contributed by atoms with E-state index in [1.807, 2.05) is 6.07 Å². The first-order valence-corrected chi connectivity index (χ1v) is 9.00. The van der Waals surface area contributed by atoms with Gasteiger partial charge in [0.25, 0.3) is 0 Å². The number of halogens is 2. The van der Waals surface area contributed by atoms with Crippen molar-refractivity contribution >= 4 is 31.9 Å². The molecule has 2 aromatic carbocycles. The molecule has 0 spiro atoms. The second-order valence-electron chi connectivity index (χ2n) is 5.27. The summed E-state index contributed by atoms with van der Waals surface area (Å²) < 4.78 is 6.50. The van der Waals surface area contributed by atoms with Crippen LogP contribution in [0.15, 0.2) is 53.0 Å². The Kier molecular flexibility index (Phi) is 5.88. The summed E-state index contributed by atoms with van der Waals surface area (Å²) in [5.41, 5.74) is 2.74. The van der Waals surface area contributed by atoms with Crippen molar-refractivity contribution in [1.82, 2.24) is 0 Å². The van der Waals surface area contributed by atoms with Crippen molar-refractivity contribution in [3.05, 3.63) is 64.1 Å². The average molecular weight is 412 g/mol. The van der Waals surface area contributed by atoms with Crippen molar-refractivity contribution in [1.29, 1.82) is 0 Å². The fourth-order valence-electron chi connectivity index (χ4n) is 2.62. The van der Waals surface area contributed by atoms with Crippen molar-refractivity contribution in [3.63, 3.8) is 0 Å². The standard InChI is InChI=1S/C18H20Br2O/c1-3-18(13-19,15-7-5-4-6-8-15)12-14-11-16(21-2)9-10-17(14)20/h4-11H,3,12-13H2,1-2H3. The van der Waals surface area contributed by atoms with Crippen LogP contribution in [0, 0.1) is 0 Å². The van der Waals surface area contributed by atoms with Crippen LogP contribution in [0.5, 0.6) is 5.75 Å². The maximum absolute atomic E-state index is 5.36. The quantitative estimate of drug-likeness (QED) is 0.550. The highest BCUT2D eigenvalue weighted by atomic mass is 79.9. The van der Waals surface area contributed by atoms with Gasteiger partial charge in [0.1, 0.15) is 5.75 Å². The number of rotatable bonds is 6. The van der Waals surface area contributed by atoms with Gasteiger partial charge in [-0.25, -0.2) is 0 Å². The maximum Gasteiger partial charge on any atom is 0.119 e. The van der Waals surface area contributed by atoms with E-state index in [0.717, 1.165) is 28.4 Å². The second kappa shape index (κ2) is 7.46. The summed E-state index contributed by atoms with van der Waals surface area (Å²) in [6.07, 6.45) is 2.04. The lowest BCUT2D eigenvalue weighted by atomic mass is 9.75. The fourth-order valence-corrected chi connectivity index (χ4v) is 3.93. The second-order valence-corrected chi connectivity index (χ2v) is 6.68. The van der Waals surface area contributed by atoms with E-state index in [-0.39, 0.29) is 5.41 Å². The van der Waals surface area contributed by atoms with Crippen LogP contribution in [0.25, 0.3) is 0 Å². The zero-order valence-electron chi connectivity index (χ0n) is 12.4. The number of alkyl halides is 1. The molecule has 3 heteroatoms. The third kappa shape index (κ3) is 3.70. The van der Waals surface area contributed by atoms with Gasteiger partial charge >= 0.3 is 0 Å². The molecule has 0 radical (unpaired) electrons. The Morgan fingerprint density at radius 2 is 1.81 bits per heavy atom. The summed E-state index contributed by atoms with van der Waals surface area (Å²) >= 11 is 7.41. The van der Waals surface area contributed by atoms with E-state index in [1.54, 1.807) is 7.11 Å².